The van der Waals surface area contributed by atoms with Gasteiger partial charge in [-0.3, -0.25) is 10.00 Å². The zero-order valence-corrected chi connectivity index (χ0v) is 32.5. The molecule has 2 saturated carbocycles. The molecule has 5 aliphatic rings. The third kappa shape index (κ3) is 6.18. The summed E-state index contributed by atoms with van der Waals surface area (Å²) < 4.78 is 60.2. The molecule has 2 N–H and O–H groups in total. The van der Waals surface area contributed by atoms with Gasteiger partial charge in [-0.1, -0.05) is 18.0 Å². The van der Waals surface area contributed by atoms with Gasteiger partial charge in [-0.05, 0) is 82.4 Å². The zero-order chi connectivity index (χ0) is 37.6. The summed E-state index contributed by atoms with van der Waals surface area (Å²) in [5.74, 6) is 0.942. The van der Waals surface area contributed by atoms with Crippen LogP contribution in [-0.4, -0.2) is 119 Å². The van der Waals surface area contributed by atoms with Gasteiger partial charge in [-0.25, -0.2) is 17.8 Å². The maximum absolute atomic E-state index is 17.3. The molecule has 0 radical (unpaired) electrons. The number of piperidine rings is 1. The first-order valence-electron chi connectivity index (χ1n) is 19.1. The van der Waals surface area contributed by atoms with E-state index in [9.17, 15) is 13.5 Å². The Balaban J connectivity index is 1.11. The van der Waals surface area contributed by atoms with Gasteiger partial charge in [0.25, 0.3) is 0 Å². The van der Waals surface area contributed by atoms with Crippen LogP contribution in [0.4, 0.5) is 10.2 Å². The van der Waals surface area contributed by atoms with Crippen molar-refractivity contribution in [3.63, 3.8) is 0 Å². The summed E-state index contributed by atoms with van der Waals surface area (Å²) in [6, 6.07) is 2.47. The molecular formula is C38H47ClFN7O6S. The molecule has 3 saturated heterocycles. The SMILES string of the molecule is COc1nc(-c2c(C)c(Cl)cc3[nH]ncc23)c(F)c2nc(OCC34CCCC3N(C3CC5CS(=O)(=O)CC5C3)CCC4)nc(N3CCOCC(C)(O)C3)c12. The first-order valence-corrected chi connectivity index (χ1v) is 21.3. The van der Waals surface area contributed by atoms with Crippen LogP contribution in [0.1, 0.15) is 57.4 Å². The number of aliphatic hydroxyl groups is 1. The van der Waals surface area contributed by atoms with Crippen molar-refractivity contribution in [3.05, 3.63) is 28.7 Å². The Morgan fingerprint density at radius 2 is 1.93 bits per heavy atom. The molecule has 0 spiro atoms. The molecule has 5 unspecified atom stereocenters. The minimum Gasteiger partial charge on any atom is -0.480 e. The number of benzene rings is 1. The van der Waals surface area contributed by atoms with Gasteiger partial charge in [-0.2, -0.15) is 15.1 Å². The van der Waals surface area contributed by atoms with E-state index in [1.54, 1.807) is 19.2 Å². The number of aromatic nitrogens is 5. The number of H-pyrrole nitrogens is 1. The van der Waals surface area contributed by atoms with Crippen molar-refractivity contribution in [3.8, 4) is 23.1 Å². The largest absolute Gasteiger partial charge is 0.480 e. The van der Waals surface area contributed by atoms with Gasteiger partial charge in [0.2, 0.25) is 5.88 Å². The minimum absolute atomic E-state index is 0.0130. The molecule has 13 nitrogen and oxygen atoms in total. The van der Waals surface area contributed by atoms with Gasteiger partial charge >= 0.3 is 6.01 Å². The van der Waals surface area contributed by atoms with E-state index in [2.05, 4.69) is 15.1 Å². The molecule has 9 rings (SSSR count). The Bertz CT molecular complexity index is 2220. The fourth-order valence-corrected chi connectivity index (χ4v) is 13.0. The molecule has 16 heteroatoms. The number of rotatable bonds is 7. The number of hydrogen-bond donors (Lipinski definition) is 2. The highest BCUT2D eigenvalue weighted by Gasteiger charge is 2.53. The molecule has 3 aliphatic heterocycles. The van der Waals surface area contributed by atoms with Crippen molar-refractivity contribution in [1.29, 1.82) is 0 Å². The molecule has 2 aliphatic carbocycles. The van der Waals surface area contributed by atoms with E-state index in [4.69, 9.17) is 40.8 Å². The number of nitrogens with zero attached hydrogens (tertiary/aromatic N) is 6. The number of pyridine rings is 1. The number of likely N-dealkylation sites (tertiary alicyclic amines) is 1. The first-order chi connectivity index (χ1) is 25.9. The Morgan fingerprint density at radius 1 is 1.15 bits per heavy atom. The number of hydrogen-bond acceptors (Lipinski definition) is 12. The Kier molecular flexibility index (Phi) is 8.99. The number of nitrogens with one attached hydrogen (secondary N) is 1. The fourth-order valence-electron chi connectivity index (χ4n) is 10.5. The van der Waals surface area contributed by atoms with E-state index in [0.717, 1.165) is 51.5 Å². The lowest BCUT2D eigenvalue weighted by atomic mass is 9.75. The number of anilines is 1. The Labute approximate surface area is 318 Å². The Hall–Kier alpha value is -3.37. The minimum atomic E-state index is -2.93. The average Bonchev–Trinajstić information content (AvgIpc) is 3.90. The molecule has 0 bridgehead atoms. The fraction of sp³-hybridized carbons (Fsp3) is 0.632. The summed E-state index contributed by atoms with van der Waals surface area (Å²) >= 11 is 6.64. The summed E-state index contributed by atoms with van der Waals surface area (Å²) in [5.41, 5.74) is 0.397. The second-order valence-corrected chi connectivity index (χ2v) is 19.2. The Morgan fingerprint density at radius 3 is 2.70 bits per heavy atom. The molecule has 290 valence electrons. The molecule has 54 heavy (non-hydrogen) atoms. The van der Waals surface area contributed by atoms with Gasteiger partial charge in [0.1, 0.15) is 28.0 Å². The second kappa shape index (κ2) is 13.4. The van der Waals surface area contributed by atoms with Crippen LogP contribution in [0, 0.1) is 30.0 Å². The van der Waals surface area contributed by atoms with E-state index in [1.165, 1.54) is 7.11 Å². The standard InChI is InChI=1S/C38H47ClFN7O6S/c1-21-26(39)14-27-25(15-41-45-27)29(21)32-31(40)33-30(35(42-32)51-3)34(46-10-11-52-19-37(2,48)18-46)44-36(43-33)53-20-38-7-4-6-28(38)47(9-5-8-38)24-12-22-16-54(49,50)17-23(22)13-24/h14-15,22-24,28,48H,4-13,16-20H2,1-3H3,(H,41,45). The number of ether oxygens (including phenoxy) is 3. The quantitative estimate of drug-likeness (QED) is 0.256. The molecule has 1 aromatic carbocycles. The lowest BCUT2D eigenvalue weighted by molar-refractivity contribution is -0.0224. The van der Waals surface area contributed by atoms with Crippen LogP contribution in [0.5, 0.6) is 11.9 Å². The lowest BCUT2D eigenvalue weighted by Gasteiger charge is -2.48. The maximum atomic E-state index is 17.3. The van der Waals surface area contributed by atoms with Crippen LogP contribution in [0.3, 0.4) is 0 Å². The highest BCUT2D eigenvalue weighted by atomic mass is 35.5. The van der Waals surface area contributed by atoms with Gasteiger partial charge in [0.15, 0.2) is 15.7 Å². The van der Waals surface area contributed by atoms with Crippen molar-refractivity contribution in [2.24, 2.45) is 17.3 Å². The topological polar surface area (TPSA) is 156 Å². The number of sulfone groups is 1. The number of methoxy groups -OCH3 is 1. The molecule has 5 atom stereocenters. The average molecular weight is 784 g/mol. The predicted molar refractivity (Wildman–Crippen MR) is 202 cm³/mol. The van der Waals surface area contributed by atoms with Gasteiger partial charge in [-0.15, -0.1) is 0 Å². The molecule has 0 amide bonds. The molecule has 3 aromatic heterocycles. The smallest absolute Gasteiger partial charge is 0.319 e. The summed E-state index contributed by atoms with van der Waals surface area (Å²) in [6.07, 6.45) is 8.66. The number of aromatic amines is 1. The summed E-state index contributed by atoms with van der Waals surface area (Å²) in [4.78, 5) is 19.0. The van der Waals surface area contributed by atoms with Gasteiger partial charge in [0.05, 0.1) is 56.7 Å². The predicted octanol–water partition coefficient (Wildman–Crippen LogP) is 5.10. The summed E-state index contributed by atoms with van der Waals surface area (Å²) in [6.45, 7) is 5.89. The van der Waals surface area contributed by atoms with Crippen LogP contribution in [0.2, 0.25) is 5.02 Å². The van der Waals surface area contributed by atoms with E-state index in [0.29, 0.717) is 76.2 Å². The van der Waals surface area contributed by atoms with Crippen molar-refractivity contribution in [1.82, 2.24) is 30.0 Å². The van der Waals surface area contributed by atoms with E-state index < -0.39 is 21.3 Å². The first kappa shape index (κ1) is 36.3. The molecular weight excluding hydrogens is 737 g/mol. The maximum Gasteiger partial charge on any atom is 0.319 e. The third-order valence-corrected chi connectivity index (χ3v) is 15.2. The highest BCUT2D eigenvalue weighted by Crippen LogP contribution is 2.52. The third-order valence-electron chi connectivity index (χ3n) is 12.9. The zero-order valence-electron chi connectivity index (χ0n) is 30.9. The molecule has 5 fully saturated rings. The van der Waals surface area contributed by atoms with Crippen molar-refractivity contribution >= 4 is 49.1 Å². The molecule has 6 heterocycles. The van der Waals surface area contributed by atoms with Gasteiger partial charge in [0, 0.05) is 40.0 Å². The monoisotopic (exact) mass is 783 g/mol. The van der Waals surface area contributed by atoms with E-state index >= 15 is 4.39 Å². The van der Waals surface area contributed by atoms with Crippen LogP contribution >= 0.6 is 11.6 Å². The van der Waals surface area contributed by atoms with Crippen molar-refractivity contribution in [2.75, 3.05) is 63.0 Å². The van der Waals surface area contributed by atoms with Gasteiger partial charge < -0.3 is 24.2 Å². The highest BCUT2D eigenvalue weighted by molar-refractivity contribution is 7.91. The van der Waals surface area contributed by atoms with E-state index in [1.807, 2.05) is 11.8 Å². The van der Waals surface area contributed by atoms with E-state index in [-0.39, 0.29) is 58.9 Å². The van der Waals surface area contributed by atoms with Crippen LogP contribution in [0.15, 0.2) is 12.3 Å². The number of halogens is 2. The van der Waals surface area contributed by atoms with Crippen LogP contribution in [0.25, 0.3) is 33.1 Å². The summed E-state index contributed by atoms with van der Waals surface area (Å²) in [5, 5.41) is 19.6. The van der Waals surface area contributed by atoms with Crippen molar-refractivity contribution < 1.29 is 32.1 Å². The second-order valence-electron chi connectivity index (χ2n) is 16.6. The molecule has 4 aromatic rings. The van der Waals surface area contributed by atoms with Crippen LogP contribution in [-0.2, 0) is 14.6 Å². The normalized spacial score (nSPS) is 31.2. The summed E-state index contributed by atoms with van der Waals surface area (Å²) in [7, 11) is -1.45. The lowest BCUT2D eigenvalue weighted by Crippen LogP contribution is -2.55. The number of β-amino-alcohol motifs (C(OH)–C–C–N with tert-alkyl or cyclic N) is 1. The number of fused-ring (bicyclic) bond motifs is 4. The van der Waals surface area contributed by atoms with Crippen LogP contribution < -0.4 is 14.4 Å². The van der Waals surface area contributed by atoms with Crippen molar-refractivity contribution in [2.45, 2.75) is 76.5 Å².